The molecule has 4 aromatic rings. The number of aromatic nitrogens is 5. The molecule has 0 unspecified atom stereocenters. The molecule has 1 aliphatic heterocycles. The van der Waals surface area contributed by atoms with Gasteiger partial charge in [-0.3, -0.25) is 19.7 Å². The van der Waals surface area contributed by atoms with E-state index in [9.17, 15) is 24.1 Å². The van der Waals surface area contributed by atoms with Crippen molar-refractivity contribution >= 4 is 45.0 Å². The van der Waals surface area contributed by atoms with Gasteiger partial charge in [-0.15, -0.1) is 0 Å². The second-order valence-corrected chi connectivity index (χ2v) is 11.3. The number of thiophene rings is 1. The van der Waals surface area contributed by atoms with E-state index in [0.717, 1.165) is 11.3 Å². The minimum Gasteiger partial charge on any atom is -0.342 e. The highest BCUT2D eigenvalue weighted by molar-refractivity contribution is 7.17. The zero-order chi connectivity index (χ0) is 27.9. The maximum atomic E-state index is 13.5. The van der Waals surface area contributed by atoms with Crippen molar-refractivity contribution in [2.45, 2.75) is 39.7 Å². The highest BCUT2D eigenvalue weighted by Crippen LogP contribution is 2.32. The van der Waals surface area contributed by atoms with Crippen molar-refractivity contribution < 1.29 is 18.9 Å². The molecule has 0 radical (unpaired) electrons. The lowest BCUT2D eigenvalue weighted by Crippen LogP contribution is -2.44. The molecule has 0 bridgehead atoms. The minimum atomic E-state index is -0.658. The predicted molar refractivity (Wildman–Crippen MR) is 142 cm³/mol. The van der Waals surface area contributed by atoms with E-state index in [4.69, 9.17) is 0 Å². The van der Waals surface area contributed by atoms with E-state index < -0.39 is 22.2 Å². The topological polar surface area (TPSA) is 149 Å². The predicted octanol–water partition coefficient (Wildman–Crippen LogP) is 4.46. The average Bonchev–Trinajstić information content (AvgIpc) is 3.57. The number of fused-ring (bicyclic) bond motifs is 1. The second-order valence-electron chi connectivity index (χ2n) is 10.2. The van der Waals surface area contributed by atoms with Crippen LogP contribution >= 0.6 is 11.3 Å². The first-order valence-corrected chi connectivity index (χ1v) is 13.0. The Kier molecular flexibility index (Phi) is 6.80. The monoisotopic (exact) mass is 552 g/mol. The smallest absolute Gasteiger partial charge is 0.324 e. The molecule has 0 atom stereocenters. The van der Waals surface area contributed by atoms with Crippen molar-refractivity contribution in [2.75, 3.05) is 18.4 Å². The molecule has 0 spiro atoms. The quantitative estimate of drug-likeness (QED) is 0.217. The Morgan fingerprint density at radius 2 is 1.87 bits per heavy atom. The van der Waals surface area contributed by atoms with Gasteiger partial charge in [-0.1, -0.05) is 32.1 Å². The second kappa shape index (κ2) is 10.1. The molecule has 39 heavy (non-hydrogen) atoms. The van der Waals surface area contributed by atoms with Gasteiger partial charge in [-0.25, -0.2) is 19.6 Å². The van der Waals surface area contributed by atoms with E-state index >= 15 is 0 Å². The Morgan fingerprint density at radius 3 is 2.49 bits per heavy atom. The van der Waals surface area contributed by atoms with E-state index in [1.807, 2.05) is 25.7 Å². The summed E-state index contributed by atoms with van der Waals surface area (Å²) >= 11 is 0.749. The molecule has 4 aromatic heterocycles. The summed E-state index contributed by atoms with van der Waals surface area (Å²) in [5.74, 6) is -0.776. The lowest BCUT2D eigenvalue weighted by molar-refractivity contribution is -0.380. The fourth-order valence-electron chi connectivity index (χ4n) is 4.43. The van der Waals surface area contributed by atoms with Crippen molar-refractivity contribution in [1.29, 1.82) is 0 Å². The Morgan fingerprint density at radius 1 is 1.13 bits per heavy atom. The summed E-state index contributed by atoms with van der Waals surface area (Å²) in [6.45, 7) is 6.84. The van der Waals surface area contributed by atoms with Crippen LogP contribution < -0.4 is 5.32 Å². The first kappa shape index (κ1) is 26.3. The number of piperidine rings is 1. The summed E-state index contributed by atoms with van der Waals surface area (Å²) in [6, 6.07) is 5.25. The van der Waals surface area contributed by atoms with Crippen LogP contribution in [0.2, 0.25) is 0 Å². The van der Waals surface area contributed by atoms with Crippen LogP contribution in [0.3, 0.4) is 0 Å². The standard InChI is InChI=1S/C25H25FN8O4S/c1-25(2,3)24(36)32-10-8-15(9-11-32)33-22-16(13-28-33)21(29-20(30-22)14-4-6-18(26)27-12-14)31-23(35)17-5-7-19(39-17)34(37)38/h4-7,12-13,15H,8-11H2,1-3H3,(H,29,30,31,35). The lowest BCUT2D eigenvalue weighted by atomic mass is 9.93. The first-order valence-electron chi connectivity index (χ1n) is 12.2. The fourth-order valence-corrected chi connectivity index (χ4v) is 5.15. The van der Waals surface area contributed by atoms with Crippen LogP contribution in [-0.2, 0) is 4.79 Å². The van der Waals surface area contributed by atoms with Gasteiger partial charge in [-0.05, 0) is 31.0 Å². The average molecular weight is 553 g/mol. The summed E-state index contributed by atoms with van der Waals surface area (Å²) in [5, 5.41) is 18.6. The third-order valence-electron chi connectivity index (χ3n) is 6.41. The summed E-state index contributed by atoms with van der Waals surface area (Å²) in [7, 11) is 0. The number of likely N-dealkylation sites (tertiary alicyclic amines) is 1. The zero-order valence-corrected chi connectivity index (χ0v) is 22.2. The van der Waals surface area contributed by atoms with Gasteiger partial charge in [0.15, 0.2) is 11.5 Å². The Balaban J connectivity index is 1.50. The number of amides is 2. The molecular formula is C25H25FN8O4S. The molecule has 0 saturated carbocycles. The van der Waals surface area contributed by atoms with Gasteiger partial charge >= 0.3 is 5.00 Å². The molecule has 1 aliphatic rings. The number of hydrogen-bond acceptors (Lipinski definition) is 9. The van der Waals surface area contributed by atoms with Crippen molar-refractivity contribution in [1.82, 2.24) is 29.6 Å². The number of halogens is 1. The van der Waals surface area contributed by atoms with Crippen LogP contribution in [0.25, 0.3) is 22.4 Å². The molecule has 12 nitrogen and oxygen atoms in total. The maximum absolute atomic E-state index is 13.5. The number of rotatable bonds is 5. The Hall–Kier alpha value is -4.33. The minimum absolute atomic E-state index is 0.0518. The summed E-state index contributed by atoms with van der Waals surface area (Å²) in [6.07, 6.45) is 4.18. The van der Waals surface area contributed by atoms with Crippen LogP contribution in [0.1, 0.15) is 49.3 Å². The Labute approximate surface area is 226 Å². The van der Waals surface area contributed by atoms with Crippen LogP contribution in [0.5, 0.6) is 0 Å². The van der Waals surface area contributed by atoms with Gasteiger partial charge in [0.05, 0.1) is 27.4 Å². The van der Waals surface area contributed by atoms with Crippen LogP contribution in [-0.4, -0.2) is 59.5 Å². The summed E-state index contributed by atoms with van der Waals surface area (Å²) < 4.78 is 15.2. The molecule has 1 saturated heterocycles. The molecule has 0 aromatic carbocycles. The molecule has 2 amide bonds. The summed E-state index contributed by atoms with van der Waals surface area (Å²) in [5.41, 5.74) is 0.420. The van der Waals surface area contributed by atoms with Crippen molar-refractivity contribution in [2.24, 2.45) is 5.41 Å². The van der Waals surface area contributed by atoms with Crippen molar-refractivity contribution in [3.63, 3.8) is 0 Å². The third-order valence-corrected chi connectivity index (χ3v) is 7.44. The van der Waals surface area contributed by atoms with E-state index in [2.05, 4.69) is 25.4 Å². The first-order chi connectivity index (χ1) is 18.5. The molecule has 14 heteroatoms. The number of hydrogen-bond donors (Lipinski definition) is 1. The molecule has 5 heterocycles. The highest BCUT2D eigenvalue weighted by Gasteiger charge is 2.32. The SMILES string of the molecule is CC(C)(C)C(=O)N1CCC(n2ncc3c(NC(=O)c4ccc([N+](=O)[O-])s4)nc(-c4ccc(F)nc4)nc32)CC1. The largest absolute Gasteiger partial charge is 0.342 e. The summed E-state index contributed by atoms with van der Waals surface area (Å²) in [4.78, 5) is 51.0. The molecule has 5 rings (SSSR count). The zero-order valence-electron chi connectivity index (χ0n) is 21.4. The van der Waals surface area contributed by atoms with Gasteiger partial charge in [-0.2, -0.15) is 9.49 Å². The van der Waals surface area contributed by atoms with Gasteiger partial charge in [0.25, 0.3) is 5.91 Å². The molecular weight excluding hydrogens is 527 g/mol. The number of nitrogens with one attached hydrogen (secondary N) is 1. The van der Waals surface area contributed by atoms with E-state index in [1.54, 1.807) is 10.9 Å². The van der Waals surface area contributed by atoms with E-state index in [0.29, 0.717) is 42.5 Å². The van der Waals surface area contributed by atoms with Crippen LogP contribution in [0.15, 0.2) is 36.7 Å². The van der Waals surface area contributed by atoms with Crippen LogP contribution in [0.4, 0.5) is 15.2 Å². The van der Waals surface area contributed by atoms with Gasteiger partial charge in [0, 0.05) is 36.3 Å². The maximum Gasteiger partial charge on any atom is 0.324 e. The molecule has 202 valence electrons. The van der Waals surface area contributed by atoms with Gasteiger partial charge in [0.1, 0.15) is 5.82 Å². The Bertz CT molecular complexity index is 1570. The van der Waals surface area contributed by atoms with Crippen molar-refractivity contribution in [3.05, 3.63) is 57.6 Å². The molecule has 0 aliphatic carbocycles. The fraction of sp³-hybridized carbons (Fsp3) is 0.360. The van der Waals surface area contributed by atoms with Gasteiger partial charge < -0.3 is 10.2 Å². The number of carbonyl (C=O) groups is 2. The number of nitrogens with zero attached hydrogens (tertiary/aromatic N) is 7. The number of nitro groups is 1. The van der Waals surface area contributed by atoms with E-state index in [-0.39, 0.29) is 33.5 Å². The number of carbonyl (C=O) groups excluding carboxylic acids is 2. The normalized spacial score (nSPS) is 14.5. The third kappa shape index (κ3) is 5.32. The van der Waals surface area contributed by atoms with Crippen LogP contribution in [0, 0.1) is 21.5 Å². The number of pyridine rings is 1. The van der Waals surface area contributed by atoms with Gasteiger partial charge in [0.2, 0.25) is 11.9 Å². The molecule has 1 fully saturated rings. The van der Waals surface area contributed by atoms with Crippen molar-refractivity contribution in [3.8, 4) is 11.4 Å². The van der Waals surface area contributed by atoms with E-state index in [1.165, 1.54) is 30.5 Å². The highest BCUT2D eigenvalue weighted by atomic mass is 32.1. The lowest BCUT2D eigenvalue weighted by Gasteiger charge is -2.35. The number of anilines is 1. The molecule has 1 N–H and O–H groups in total.